The van der Waals surface area contributed by atoms with E-state index in [0.29, 0.717) is 24.4 Å². The summed E-state index contributed by atoms with van der Waals surface area (Å²) in [6.07, 6.45) is -6.47. The van der Waals surface area contributed by atoms with Gasteiger partial charge in [0.25, 0.3) is 0 Å². The number of nitrogens with one attached hydrogen (secondary N) is 1. The smallest absolute Gasteiger partial charge is 0.416 e. The Bertz CT molecular complexity index is 1300. The minimum atomic E-state index is -4.96. The number of carboxylic acid groups (broad SMARTS) is 1. The van der Waals surface area contributed by atoms with Gasteiger partial charge in [0.05, 0.1) is 23.1 Å². The number of hydrogen-bond acceptors (Lipinski definition) is 4. The molecule has 0 saturated carbocycles. The van der Waals surface area contributed by atoms with Crippen LogP contribution < -0.4 is 10.2 Å². The second-order valence-electron chi connectivity index (χ2n) is 9.65. The Balaban J connectivity index is 1.37. The van der Waals surface area contributed by atoms with Gasteiger partial charge in [-0.1, -0.05) is 30.3 Å². The standard InChI is InChI=1S/C27H26F6N4O3/c28-26(29,30)19-10-20(27(31,32)33)12-22(11-19)37-8-6-18(7-9-37)24(38)35-23(25(39)40)13-21-15-36(16-34-21)14-17-4-2-1-3-5-17/h1-5,10-12,15-16,18,23H,6-9,13-14H2,(H,35,38)(H,39,40)/t23-/m0/s1. The number of hydrogen-bond donors (Lipinski definition) is 2. The number of alkyl halides is 6. The highest BCUT2D eigenvalue weighted by atomic mass is 19.4. The molecule has 1 aromatic heterocycles. The van der Waals surface area contributed by atoms with Gasteiger partial charge in [0.1, 0.15) is 6.04 Å². The lowest BCUT2D eigenvalue weighted by Gasteiger charge is -2.34. The van der Waals surface area contributed by atoms with E-state index in [-0.39, 0.29) is 44.1 Å². The molecule has 0 bridgehead atoms. The third-order valence-corrected chi connectivity index (χ3v) is 6.73. The van der Waals surface area contributed by atoms with Crippen LogP contribution in [0.3, 0.4) is 0 Å². The van der Waals surface area contributed by atoms with Crippen LogP contribution in [-0.2, 0) is 34.9 Å². The fourth-order valence-corrected chi connectivity index (χ4v) is 4.61. The second-order valence-corrected chi connectivity index (χ2v) is 9.65. The van der Waals surface area contributed by atoms with Crippen LogP contribution in [0.2, 0.25) is 0 Å². The maximum Gasteiger partial charge on any atom is 0.416 e. The van der Waals surface area contributed by atoms with E-state index in [1.165, 1.54) is 4.90 Å². The van der Waals surface area contributed by atoms with Crippen molar-refractivity contribution in [3.8, 4) is 0 Å². The van der Waals surface area contributed by atoms with E-state index in [2.05, 4.69) is 10.3 Å². The highest BCUT2D eigenvalue weighted by Crippen LogP contribution is 2.39. The first kappa shape index (κ1) is 29.0. The maximum atomic E-state index is 13.2. The molecule has 1 aliphatic rings. The minimum absolute atomic E-state index is 0.0261. The number of imidazole rings is 1. The van der Waals surface area contributed by atoms with Crippen molar-refractivity contribution < 1.29 is 41.0 Å². The van der Waals surface area contributed by atoms with E-state index < -0.39 is 47.3 Å². The van der Waals surface area contributed by atoms with E-state index in [1.54, 1.807) is 17.1 Å². The summed E-state index contributed by atoms with van der Waals surface area (Å²) in [5, 5.41) is 12.2. The highest BCUT2D eigenvalue weighted by molar-refractivity contribution is 5.85. The normalized spacial score (nSPS) is 15.6. The number of rotatable bonds is 8. The van der Waals surface area contributed by atoms with Crippen molar-refractivity contribution >= 4 is 17.6 Å². The number of amides is 1. The first-order valence-electron chi connectivity index (χ1n) is 12.4. The van der Waals surface area contributed by atoms with E-state index >= 15 is 0 Å². The largest absolute Gasteiger partial charge is 0.480 e. The summed E-state index contributed by atoms with van der Waals surface area (Å²) in [6, 6.07) is 9.69. The lowest BCUT2D eigenvalue weighted by Crippen LogP contribution is -2.47. The molecular formula is C27H26F6N4O3. The van der Waals surface area contributed by atoms with Crippen LogP contribution in [0.25, 0.3) is 0 Å². The quantitative estimate of drug-likeness (QED) is 0.374. The molecule has 1 saturated heterocycles. The Kier molecular flexibility index (Phi) is 8.40. The van der Waals surface area contributed by atoms with Gasteiger partial charge in [-0.2, -0.15) is 26.3 Å². The molecule has 13 heteroatoms. The van der Waals surface area contributed by atoms with Gasteiger partial charge in [-0.25, -0.2) is 9.78 Å². The fourth-order valence-electron chi connectivity index (χ4n) is 4.61. The van der Waals surface area contributed by atoms with Gasteiger partial charge in [-0.05, 0) is 36.6 Å². The lowest BCUT2D eigenvalue weighted by atomic mass is 9.94. The summed E-state index contributed by atoms with van der Waals surface area (Å²) in [7, 11) is 0. The number of aromatic nitrogens is 2. The maximum absolute atomic E-state index is 13.2. The molecule has 0 spiro atoms. The van der Waals surface area contributed by atoms with E-state index in [4.69, 9.17) is 0 Å². The van der Waals surface area contributed by atoms with Crippen LogP contribution in [0.5, 0.6) is 0 Å². The average molecular weight is 569 g/mol. The summed E-state index contributed by atoms with van der Waals surface area (Å²) in [6.45, 7) is 0.587. The number of piperidine rings is 1. The first-order valence-corrected chi connectivity index (χ1v) is 12.4. The number of carboxylic acids is 1. The van der Waals surface area contributed by atoms with Crippen LogP contribution in [0.15, 0.2) is 61.1 Å². The summed E-state index contributed by atoms with van der Waals surface area (Å²) in [4.78, 5) is 30.3. The number of aliphatic carboxylic acids is 1. The Morgan fingerprint density at radius 3 is 2.12 bits per heavy atom. The predicted octanol–water partition coefficient (Wildman–Crippen LogP) is 5.00. The number of nitrogens with zero attached hydrogens (tertiary/aromatic N) is 3. The zero-order valence-corrected chi connectivity index (χ0v) is 21.0. The van der Waals surface area contributed by atoms with Gasteiger partial charge < -0.3 is 19.9 Å². The molecule has 3 aromatic rings. The summed E-state index contributed by atoms with van der Waals surface area (Å²) in [5.74, 6) is -2.45. The van der Waals surface area contributed by atoms with Crippen LogP contribution in [-0.4, -0.2) is 45.7 Å². The van der Waals surface area contributed by atoms with E-state index in [0.717, 1.165) is 5.56 Å². The van der Waals surface area contributed by atoms with Gasteiger partial charge in [0.15, 0.2) is 0 Å². The van der Waals surface area contributed by atoms with Gasteiger partial charge >= 0.3 is 18.3 Å². The highest BCUT2D eigenvalue weighted by Gasteiger charge is 2.38. The van der Waals surface area contributed by atoms with Crippen LogP contribution in [0.4, 0.5) is 32.0 Å². The molecule has 1 aliphatic heterocycles. The molecule has 4 rings (SSSR count). The molecule has 0 unspecified atom stereocenters. The number of halogens is 6. The molecular weight excluding hydrogens is 542 g/mol. The van der Waals surface area contributed by atoms with Crippen molar-refractivity contribution in [2.45, 2.75) is 44.2 Å². The molecule has 0 aliphatic carbocycles. The van der Waals surface area contributed by atoms with Gasteiger partial charge in [0, 0.05) is 43.9 Å². The minimum Gasteiger partial charge on any atom is -0.480 e. The van der Waals surface area contributed by atoms with Gasteiger partial charge in [-0.3, -0.25) is 4.79 Å². The molecule has 1 atom stereocenters. The SMILES string of the molecule is O=C(N[C@@H](Cc1cn(Cc2ccccc2)cn1)C(=O)O)C1CCN(c2cc(C(F)(F)F)cc(C(F)(F)F)c2)CC1. The number of carbonyl (C=O) groups excluding carboxylic acids is 1. The Hall–Kier alpha value is -4.03. The van der Waals surface area contributed by atoms with Gasteiger partial charge in [0.2, 0.25) is 5.91 Å². The molecule has 1 fully saturated rings. The molecule has 1 amide bonds. The monoisotopic (exact) mass is 568 g/mol. The number of benzene rings is 2. The van der Waals surface area contributed by atoms with Crippen LogP contribution in [0.1, 0.15) is 35.2 Å². The van der Waals surface area contributed by atoms with Crippen molar-refractivity contribution in [2.75, 3.05) is 18.0 Å². The van der Waals surface area contributed by atoms with E-state index in [1.807, 2.05) is 30.3 Å². The molecule has 214 valence electrons. The predicted molar refractivity (Wildman–Crippen MR) is 132 cm³/mol. The van der Waals surface area contributed by atoms with Crippen molar-refractivity contribution in [2.24, 2.45) is 5.92 Å². The van der Waals surface area contributed by atoms with Crippen molar-refractivity contribution in [3.05, 3.63) is 83.4 Å². The first-order chi connectivity index (χ1) is 18.8. The second kappa shape index (κ2) is 11.6. The summed E-state index contributed by atoms with van der Waals surface area (Å²) < 4.78 is 81.1. The molecule has 2 N–H and O–H groups in total. The number of anilines is 1. The molecule has 40 heavy (non-hydrogen) atoms. The Morgan fingerprint density at radius 2 is 1.57 bits per heavy atom. The lowest BCUT2D eigenvalue weighted by molar-refractivity contribution is -0.143. The Morgan fingerprint density at radius 1 is 0.975 bits per heavy atom. The Labute approximate surface area is 225 Å². The summed E-state index contributed by atoms with van der Waals surface area (Å²) in [5.41, 5.74) is -1.57. The summed E-state index contributed by atoms with van der Waals surface area (Å²) >= 11 is 0. The van der Waals surface area contributed by atoms with Crippen LogP contribution >= 0.6 is 0 Å². The average Bonchev–Trinajstić information content (AvgIpc) is 3.34. The molecule has 0 radical (unpaired) electrons. The zero-order valence-electron chi connectivity index (χ0n) is 21.0. The fraction of sp³-hybridized carbons (Fsp3) is 0.370. The molecule has 7 nitrogen and oxygen atoms in total. The number of carbonyl (C=O) groups is 2. The van der Waals surface area contributed by atoms with Gasteiger partial charge in [-0.15, -0.1) is 0 Å². The van der Waals surface area contributed by atoms with Crippen molar-refractivity contribution in [3.63, 3.8) is 0 Å². The van der Waals surface area contributed by atoms with Crippen LogP contribution in [0, 0.1) is 5.92 Å². The third-order valence-electron chi connectivity index (χ3n) is 6.73. The molecule has 2 heterocycles. The zero-order chi connectivity index (χ0) is 29.1. The van der Waals surface area contributed by atoms with E-state index in [9.17, 15) is 41.0 Å². The topological polar surface area (TPSA) is 87.5 Å². The van der Waals surface area contributed by atoms with Crippen molar-refractivity contribution in [1.82, 2.24) is 14.9 Å². The third kappa shape index (κ3) is 7.33. The van der Waals surface area contributed by atoms with Crippen molar-refractivity contribution in [1.29, 1.82) is 0 Å². The molecule has 2 aromatic carbocycles.